The second-order valence-electron chi connectivity index (χ2n) is 5.43. The summed E-state index contributed by atoms with van der Waals surface area (Å²) in [6.07, 6.45) is 0. The van der Waals surface area contributed by atoms with Crippen molar-refractivity contribution in [2.45, 2.75) is 6.92 Å². The molecule has 0 unspecified atom stereocenters. The lowest BCUT2D eigenvalue weighted by atomic mass is 10.3. The number of aromatic nitrogens is 2. The molecule has 1 saturated heterocycles. The number of carbonyl (C=O) groups is 2. The molecule has 0 aliphatic carbocycles. The van der Waals surface area contributed by atoms with E-state index in [4.69, 9.17) is 0 Å². The molecule has 0 spiro atoms. The van der Waals surface area contributed by atoms with Crippen LogP contribution in [0.5, 0.6) is 0 Å². The van der Waals surface area contributed by atoms with Crippen molar-refractivity contribution in [2.75, 3.05) is 38.0 Å². The highest BCUT2D eigenvalue weighted by molar-refractivity contribution is 5.92. The topological polar surface area (TPSA) is 81.3 Å². The Hall–Kier alpha value is -2.41. The van der Waals surface area contributed by atoms with Gasteiger partial charge < -0.3 is 9.88 Å². The molecule has 1 aromatic heterocycles. The first kappa shape index (κ1) is 14.5. The normalized spacial score (nSPS) is 16.0. The van der Waals surface area contributed by atoms with Crippen LogP contribution in [0.25, 0.3) is 11.0 Å². The van der Waals surface area contributed by atoms with Crippen LogP contribution in [0, 0.1) is 0 Å². The lowest BCUT2D eigenvalue weighted by molar-refractivity contribution is -0.130. The third kappa shape index (κ3) is 3.25. The maximum atomic E-state index is 12.1. The summed E-state index contributed by atoms with van der Waals surface area (Å²) in [5.41, 5.74) is 1.72. The van der Waals surface area contributed by atoms with Gasteiger partial charge in [-0.25, -0.2) is 4.98 Å². The number of piperazine rings is 1. The number of hydrogen-bond acceptors (Lipinski definition) is 4. The molecule has 2 aromatic rings. The van der Waals surface area contributed by atoms with Gasteiger partial charge in [-0.3, -0.25) is 19.8 Å². The molecule has 2 heterocycles. The summed E-state index contributed by atoms with van der Waals surface area (Å²) in [6.45, 7) is 4.66. The summed E-state index contributed by atoms with van der Waals surface area (Å²) >= 11 is 0. The number of benzene rings is 1. The van der Waals surface area contributed by atoms with Crippen LogP contribution in [0.15, 0.2) is 24.3 Å². The monoisotopic (exact) mass is 301 g/mol. The highest BCUT2D eigenvalue weighted by atomic mass is 16.2. The Kier molecular flexibility index (Phi) is 4.06. The molecule has 116 valence electrons. The van der Waals surface area contributed by atoms with Gasteiger partial charge in [0.25, 0.3) is 0 Å². The molecular formula is C15H19N5O2. The first-order chi connectivity index (χ1) is 10.6. The molecule has 7 heteroatoms. The SMILES string of the molecule is CC(=O)N1CCN(CC(=O)Nc2nc3ccccc3[nH]2)CC1. The summed E-state index contributed by atoms with van der Waals surface area (Å²) in [4.78, 5) is 34.6. The van der Waals surface area contributed by atoms with Crippen molar-refractivity contribution in [2.24, 2.45) is 0 Å². The van der Waals surface area contributed by atoms with E-state index in [0.717, 1.165) is 11.0 Å². The Morgan fingerprint density at radius 3 is 2.64 bits per heavy atom. The van der Waals surface area contributed by atoms with Crippen LogP contribution in [-0.2, 0) is 9.59 Å². The fourth-order valence-electron chi connectivity index (χ4n) is 2.61. The first-order valence-corrected chi connectivity index (χ1v) is 7.34. The van der Waals surface area contributed by atoms with E-state index in [1.165, 1.54) is 0 Å². The lowest BCUT2D eigenvalue weighted by Gasteiger charge is -2.33. The summed E-state index contributed by atoms with van der Waals surface area (Å²) in [5, 5.41) is 2.78. The van der Waals surface area contributed by atoms with Gasteiger partial charge in [0, 0.05) is 33.1 Å². The molecule has 1 aliphatic rings. The molecule has 22 heavy (non-hydrogen) atoms. The molecule has 1 aliphatic heterocycles. The molecule has 3 rings (SSSR count). The molecule has 1 fully saturated rings. The minimum atomic E-state index is -0.102. The van der Waals surface area contributed by atoms with Gasteiger partial charge in [-0.2, -0.15) is 0 Å². The van der Waals surface area contributed by atoms with Gasteiger partial charge in [-0.1, -0.05) is 12.1 Å². The van der Waals surface area contributed by atoms with Crippen molar-refractivity contribution in [3.05, 3.63) is 24.3 Å². The second-order valence-corrected chi connectivity index (χ2v) is 5.43. The average molecular weight is 301 g/mol. The van der Waals surface area contributed by atoms with Crippen LogP contribution in [0.2, 0.25) is 0 Å². The Balaban J connectivity index is 1.53. The minimum absolute atomic E-state index is 0.0892. The molecule has 2 N–H and O–H groups in total. The van der Waals surface area contributed by atoms with Gasteiger partial charge in [-0.05, 0) is 12.1 Å². The van der Waals surface area contributed by atoms with Crippen molar-refractivity contribution in [3.63, 3.8) is 0 Å². The molecule has 0 bridgehead atoms. The van der Waals surface area contributed by atoms with E-state index in [9.17, 15) is 9.59 Å². The number of imidazole rings is 1. The van der Waals surface area contributed by atoms with Crippen molar-refractivity contribution in [3.8, 4) is 0 Å². The van der Waals surface area contributed by atoms with Gasteiger partial charge in [0.2, 0.25) is 17.8 Å². The molecule has 0 atom stereocenters. The van der Waals surface area contributed by atoms with E-state index in [2.05, 4.69) is 15.3 Å². The number of H-pyrrole nitrogens is 1. The van der Waals surface area contributed by atoms with E-state index in [0.29, 0.717) is 38.7 Å². The number of nitrogens with one attached hydrogen (secondary N) is 2. The van der Waals surface area contributed by atoms with Gasteiger partial charge in [0.05, 0.1) is 17.6 Å². The van der Waals surface area contributed by atoms with Crippen LogP contribution in [0.4, 0.5) is 5.95 Å². The van der Waals surface area contributed by atoms with Crippen molar-refractivity contribution in [1.29, 1.82) is 0 Å². The van der Waals surface area contributed by atoms with Crippen molar-refractivity contribution in [1.82, 2.24) is 19.8 Å². The van der Waals surface area contributed by atoms with Crippen LogP contribution >= 0.6 is 0 Å². The van der Waals surface area contributed by atoms with E-state index >= 15 is 0 Å². The fraction of sp³-hybridized carbons (Fsp3) is 0.400. The van der Waals surface area contributed by atoms with Gasteiger partial charge >= 0.3 is 0 Å². The summed E-state index contributed by atoms with van der Waals surface area (Å²) < 4.78 is 0. The van der Waals surface area contributed by atoms with Crippen LogP contribution in [0.1, 0.15) is 6.92 Å². The third-order valence-corrected chi connectivity index (χ3v) is 3.83. The smallest absolute Gasteiger partial charge is 0.240 e. The summed E-state index contributed by atoms with van der Waals surface area (Å²) in [6, 6.07) is 7.63. The van der Waals surface area contributed by atoms with E-state index < -0.39 is 0 Å². The number of carbonyl (C=O) groups excluding carboxylic acids is 2. The standard InChI is InChI=1S/C15H19N5O2/c1-11(21)20-8-6-19(7-9-20)10-14(22)18-15-16-12-4-2-3-5-13(12)17-15/h2-5H,6-10H2,1H3,(H2,16,17,18,22). The first-order valence-electron chi connectivity index (χ1n) is 7.34. The molecular weight excluding hydrogens is 282 g/mol. The highest BCUT2D eigenvalue weighted by Crippen LogP contribution is 2.13. The van der Waals surface area contributed by atoms with Gasteiger partial charge in [0.1, 0.15) is 0 Å². The Morgan fingerprint density at radius 1 is 1.23 bits per heavy atom. The van der Waals surface area contributed by atoms with E-state index in [-0.39, 0.29) is 11.8 Å². The largest absolute Gasteiger partial charge is 0.340 e. The predicted molar refractivity (Wildman–Crippen MR) is 83.4 cm³/mol. The third-order valence-electron chi connectivity index (χ3n) is 3.83. The van der Waals surface area contributed by atoms with Gasteiger partial charge in [-0.15, -0.1) is 0 Å². The van der Waals surface area contributed by atoms with Crippen molar-refractivity contribution >= 4 is 28.8 Å². The van der Waals surface area contributed by atoms with Crippen molar-refractivity contribution < 1.29 is 9.59 Å². The van der Waals surface area contributed by atoms with E-state index in [1.807, 2.05) is 29.2 Å². The summed E-state index contributed by atoms with van der Waals surface area (Å²) in [7, 11) is 0. The van der Waals surface area contributed by atoms with Crippen LogP contribution < -0.4 is 5.32 Å². The number of nitrogens with zero attached hydrogens (tertiary/aromatic N) is 3. The number of rotatable bonds is 3. The number of amides is 2. The summed E-state index contributed by atoms with van der Waals surface area (Å²) in [5.74, 6) is 0.454. The quantitative estimate of drug-likeness (QED) is 0.873. The zero-order valence-electron chi connectivity index (χ0n) is 12.5. The maximum absolute atomic E-state index is 12.1. The number of anilines is 1. The Morgan fingerprint density at radius 2 is 1.95 bits per heavy atom. The molecule has 2 amide bonds. The molecule has 1 aromatic carbocycles. The number of fused-ring (bicyclic) bond motifs is 1. The number of aromatic amines is 1. The van der Waals surface area contributed by atoms with Gasteiger partial charge in [0.15, 0.2) is 0 Å². The minimum Gasteiger partial charge on any atom is -0.340 e. The van der Waals surface area contributed by atoms with Crippen LogP contribution in [-0.4, -0.2) is 64.3 Å². The molecule has 7 nitrogen and oxygen atoms in total. The zero-order chi connectivity index (χ0) is 15.5. The molecule has 0 saturated carbocycles. The number of para-hydroxylation sites is 2. The van der Waals surface area contributed by atoms with E-state index in [1.54, 1.807) is 11.8 Å². The average Bonchev–Trinajstić information content (AvgIpc) is 2.89. The Bertz CT molecular complexity index is 655. The van der Waals surface area contributed by atoms with Crippen LogP contribution in [0.3, 0.4) is 0 Å². The zero-order valence-corrected chi connectivity index (χ0v) is 12.5. The predicted octanol–water partition coefficient (Wildman–Crippen LogP) is 0.665. The maximum Gasteiger partial charge on any atom is 0.240 e. The fourth-order valence-corrected chi connectivity index (χ4v) is 2.61. The molecule has 0 radical (unpaired) electrons. The number of hydrogen-bond donors (Lipinski definition) is 2. The Labute approximate surface area is 128 Å². The highest BCUT2D eigenvalue weighted by Gasteiger charge is 2.20. The lowest BCUT2D eigenvalue weighted by Crippen LogP contribution is -2.49. The second kappa shape index (κ2) is 6.15.